The van der Waals surface area contributed by atoms with E-state index in [0.717, 1.165) is 30.5 Å². The number of hydrogen-bond donors (Lipinski definition) is 3. The third kappa shape index (κ3) is 2.35. The lowest BCUT2D eigenvalue weighted by atomic mass is 9.49. The molecule has 5 aliphatic carbocycles. The largest absolute Gasteiger partial charge is 0.390 e. The van der Waals surface area contributed by atoms with Crippen molar-refractivity contribution in [3.05, 3.63) is 41.5 Å². The van der Waals surface area contributed by atoms with Crippen LogP contribution >= 0.6 is 0 Å². The van der Waals surface area contributed by atoms with E-state index in [1.54, 1.807) is 0 Å². The van der Waals surface area contributed by atoms with Gasteiger partial charge in [-0.1, -0.05) is 29.8 Å². The van der Waals surface area contributed by atoms with Gasteiger partial charge in [-0.25, -0.2) is 0 Å². The van der Waals surface area contributed by atoms with Crippen molar-refractivity contribution in [3.63, 3.8) is 0 Å². The van der Waals surface area contributed by atoms with E-state index in [4.69, 9.17) is 0 Å². The van der Waals surface area contributed by atoms with Crippen molar-refractivity contribution >= 4 is 11.6 Å². The van der Waals surface area contributed by atoms with Crippen LogP contribution in [0.2, 0.25) is 0 Å². The normalized spacial score (nSPS) is 33.5. The Morgan fingerprint density at radius 1 is 1.25 bits per heavy atom. The molecular weight excluding hydrogens is 300 g/mol. The Morgan fingerprint density at radius 2 is 1.92 bits per heavy atom. The molecule has 0 heterocycles. The number of benzene rings is 1. The van der Waals surface area contributed by atoms with E-state index < -0.39 is 11.1 Å². The van der Waals surface area contributed by atoms with Crippen LogP contribution in [0.4, 0.5) is 5.69 Å². The monoisotopic (exact) mass is 326 g/mol. The molecule has 6 rings (SSSR count). The molecule has 0 aromatic heterocycles. The van der Waals surface area contributed by atoms with E-state index in [0.29, 0.717) is 11.8 Å². The van der Waals surface area contributed by atoms with Gasteiger partial charge in [0.15, 0.2) is 0 Å². The third-order valence-electron chi connectivity index (χ3n) is 6.10. The SMILES string of the molecule is Cc1ccccc1NC(C)(C)C(=O)N[C@@H]1[C@@H]2C[C@]3(O)CC=C2[C@@H]1C3. The Morgan fingerprint density at radius 3 is 2.54 bits per heavy atom. The van der Waals surface area contributed by atoms with Crippen LogP contribution < -0.4 is 10.6 Å². The minimum Gasteiger partial charge on any atom is -0.390 e. The second-order valence-electron chi connectivity index (χ2n) is 8.32. The second-order valence-corrected chi connectivity index (χ2v) is 8.32. The fraction of sp³-hybridized carbons (Fsp3) is 0.550. The average Bonchev–Trinajstić information content (AvgIpc) is 2.53. The maximum Gasteiger partial charge on any atom is 0.245 e. The van der Waals surface area contributed by atoms with Crippen molar-refractivity contribution in [1.82, 2.24) is 5.32 Å². The van der Waals surface area contributed by atoms with Crippen LogP contribution in [0.1, 0.15) is 38.7 Å². The third-order valence-corrected chi connectivity index (χ3v) is 6.10. The van der Waals surface area contributed by atoms with Crippen LogP contribution in [-0.4, -0.2) is 28.2 Å². The highest BCUT2D eigenvalue weighted by molar-refractivity contribution is 5.89. The van der Waals surface area contributed by atoms with Gasteiger partial charge >= 0.3 is 0 Å². The number of hydrogen-bond acceptors (Lipinski definition) is 3. The smallest absolute Gasteiger partial charge is 0.245 e. The van der Waals surface area contributed by atoms with Crippen LogP contribution in [-0.2, 0) is 4.79 Å². The van der Waals surface area contributed by atoms with Gasteiger partial charge in [-0.05, 0) is 51.7 Å². The van der Waals surface area contributed by atoms with Gasteiger partial charge in [0.25, 0.3) is 0 Å². The molecule has 4 atom stereocenters. The van der Waals surface area contributed by atoms with Crippen molar-refractivity contribution in [2.45, 2.75) is 57.2 Å². The van der Waals surface area contributed by atoms with Crippen molar-refractivity contribution < 1.29 is 9.90 Å². The van der Waals surface area contributed by atoms with Crippen LogP contribution in [0.25, 0.3) is 0 Å². The molecule has 0 saturated heterocycles. The average molecular weight is 326 g/mol. The zero-order chi connectivity index (χ0) is 17.1. The number of rotatable bonds is 4. The number of aryl methyl sites for hydroxylation is 1. The van der Waals surface area contributed by atoms with Gasteiger partial charge in [-0.3, -0.25) is 4.79 Å². The Hall–Kier alpha value is -1.81. The first-order valence-electron chi connectivity index (χ1n) is 8.86. The Bertz CT molecular complexity index is 706. The molecule has 3 saturated carbocycles. The summed E-state index contributed by atoms with van der Waals surface area (Å²) in [5.41, 5.74) is 2.38. The number of aliphatic hydroxyl groups is 1. The number of carbonyl (C=O) groups excluding carboxylic acids is 1. The summed E-state index contributed by atoms with van der Waals surface area (Å²) in [6.45, 7) is 5.88. The predicted molar refractivity (Wildman–Crippen MR) is 94.7 cm³/mol. The molecule has 4 nitrogen and oxygen atoms in total. The summed E-state index contributed by atoms with van der Waals surface area (Å²) in [6, 6.07) is 8.20. The van der Waals surface area contributed by atoms with E-state index in [2.05, 4.69) is 16.7 Å². The molecule has 3 N–H and O–H groups in total. The van der Waals surface area contributed by atoms with Gasteiger partial charge in [0, 0.05) is 23.6 Å². The summed E-state index contributed by atoms with van der Waals surface area (Å²) >= 11 is 0. The molecule has 3 fully saturated rings. The number of anilines is 1. The number of para-hydroxylation sites is 1. The molecule has 1 aromatic carbocycles. The van der Waals surface area contributed by atoms with Gasteiger partial charge in [-0.2, -0.15) is 0 Å². The summed E-state index contributed by atoms with van der Waals surface area (Å²) in [5, 5.41) is 17.1. The van der Waals surface area contributed by atoms with E-state index in [1.807, 2.05) is 45.0 Å². The van der Waals surface area contributed by atoms with Gasteiger partial charge in [0.05, 0.1) is 5.60 Å². The molecule has 4 heteroatoms. The van der Waals surface area contributed by atoms with Crippen LogP contribution in [0.5, 0.6) is 0 Å². The van der Waals surface area contributed by atoms with E-state index >= 15 is 0 Å². The molecule has 1 amide bonds. The quantitative estimate of drug-likeness (QED) is 0.746. The number of amides is 1. The molecule has 1 aromatic rings. The van der Waals surface area contributed by atoms with E-state index in [1.165, 1.54) is 5.57 Å². The van der Waals surface area contributed by atoms with E-state index in [9.17, 15) is 9.90 Å². The number of carbonyl (C=O) groups is 1. The molecule has 128 valence electrons. The van der Waals surface area contributed by atoms with Crippen molar-refractivity contribution in [2.75, 3.05) is 5.32 Å². The molecule has 5 aliphatic rings. The Balaban J connectivity index is 1.44. The second kappa shape index (κ2) is 5.09. The Labute approximate surface area is 143 Å². The van der Waals surface area contributed by atoms with Gasteiger partial charge in [0.2, 0.25) is 5.91 Å². The first kappa shape index (κ1) is 15.7. The standard InChI is InChI=1S/C20H26N2O2/c1-12-6-4-5-7-16(12)22-19(2,3)18(23)21-17-14-10-20(24)9-8-13(14)15(17)11-20/h4-8,14-15,17,22,24H,9-11H2,1-3H3,(H,21,23)/t14-,15+,17-,20-. The van der Waals surface area contributed by atoms with Crippen molar-refractivity contribution in [2.24, 2.45) is 11.8 Å². The van der Waals surface area contributed by atoms with Gasteiger partial charge < -0.3 is 15.7 Å². The fourth-order valence-corrected chi connectivity index (χ4v) is 4.66. The highest BCUT2D eigenvalue weighted by Crippen LogP contribution is 2.58. The Kier molecular flexibility index (Phi) is 3.33. The van der Waals surface area contributed by atoms with E-state index in [-0.39, 0.29) is 11.9 Å². The molecule has 4 bridgehead atoms. The molecule has 0 spiro atoms. The lowest BCUT2D eigenvalue weighted by Crippen LogP contribution is -2.67. The summed E-state index contributed by atoms with van der Waals surface area (Å²) in [4.78, 5) is 12.8. The molecule has 24 heavy (non-hydrogen) atoms. The molecule has 0 radical (unpaired) electrons. The molecule has 0 unspecified atom stereocenters. The maximum absolute atomic E-state index is 12.8. The minimum absolute atomic E-state index is 0.0239. The summed E-state index contributed by atoms with van der Waals surface area (Å²) in [6.07, 6.45) is 4.58. The zero-order valence-corrected chi connectivity index (χ0v) is 14.6. The first-order valence-corrected chi connectivity index (χ1v) is 8.86. The van der Waals surface area contributed by atoms with Crippen LogP contribution in [0.3, 0.4) is 0 Å². The fourth-order valence-electron chi connectivity index (χ4n) is 4.66. The summed E-state index contributed by atoms with van der Waals surface area (Å²) in [5.74, 6) is 0.692. The summed E-state index contributed by atoms with van der Waals surface area (Å²) in [7, 11) is 0. The van der Waals surface area contributed by atoms with Crippen molar-refractivity contribution in [1.29, 1.82) is 0 Å². The molecule has 0 aliphatic heterocycles. The predicted octanol–water partition coefficient (Wildman–Crippen LogP) is 2.77. The van der Waals surface area contributed by atoms with Gasteiger partial charge in [0.1, 0.15) is 5.54 Å². The molecular formula is C20H26N2O2. The number of nitrogens with one attached hydrogen (secondary N) is 2. The maximum atomic E-state index is 12.8. The minimum atomic E-state index is -0.680. The highest BCUT2D eigenvalue weighted by atomic mass is 16.3. The van der Waals surface area contributed by atoms with Crippen LogP contribution in [0.15, 0.2) is 35.9 Å². The lowest BCUT2D eigenvalue weighted by Gasteiger charge is -2.60. The first-order chi connectivity index (χ1) is 11.3. The topological polar surface area (TPSA) is 61.4 Å². The number of fused-ring (bicyclic) bond motifs is 1. The summed E-state index contributed by atoms with van der Waals surface area (Å²) < 4.78 is 0. The highest BCUT2D eigenvalue weighted by Gasteiger charge is 2.59. The van der Waals surface area contributed by atoms with Crippen LogP contribution in [0, 0.1) is 18.8 Å². The lowest BCUT2D eigenvalue weighted by molar-refractivity contribution is -0.131. The van der Waals surface area contributed by atoms with Gasteiger partial charge in [-0.15, -0.1) is 0 Å². The van der Waals surface area contributed by atoms with Crippen molar-refractivity contribution in [3.8, 4) is 0 Å². The zero-order valence-electron chi connectivity index (χ0n) is 14.6.